The van der Waals surface area contributed by atoms with Crippen molar-refractivity contribution in [3.05, 3.63) is 36.5 Å². The van der Waals surface area contributed by atoms with Crippen LogP contribution < -0.4 is 0 Å². The molecule has 0 saturated carbocycles. The van der Waals surface area contributed by atoms with E-state index in [0.717, 1.165) is 57.8 Å². The van der Waals surface area contributed by atoms with Gasteiger partial charge in [0, 0.05) is 12.8 Å². The van der Waals surface area contributed by atoms with Gasteiger partial charge in [0.2, 0.25) is 0 Å². The van der Waals surface area contributed by atoms with E-state index in [-0.39, 0.29) is 12.8 Å². The maximum atomic E-state index is 12.3. The largest absolute Gasteiger partial charge is 0.472 e. The predicted octanol–water partition coefficient (Wildman–Crippen LogP) is 10.8. The minimum Gasteiger partial charge on any atom is -0.457 e. The van der Waals surface area contributed by atoms with E-state index < -0.39 is 58.4 Å². The molecule has 0 radical (unpaired) electrons. The number of allylic oxidation sites excluding steroid dienone is 6. The summed E-state index contributed by atoms with van der Waals surface area (Å²) < 4.78 is 32.5. The SMILES string of the molecule is CC/C=C\C/C=C\C/C=C\CCCCCC(=O)OC(CO)COP(=O)(O)OCC(CO)OC(=O)CCCCCCCCCCCCCCCCCCC. The summed E-state index contributed by atoms with van der Waals surface area (Å²) in [5.74, 6) is -1.05. The number of esters is 2. The van der Waals surface area contributed by atoms with Crippen LogP contribution >= 0.6 is 7.82 Å². The van der Waals surface area contributed by atoms with Crippen molar-refractivity contribution in [3.63, 3.8) is 0 Å². The number of unbranched alkanes of at least 4 members (excludes halogenated alkanes) is 19. The number of carbonyl (C=O) groups is 2. The lowest BCUT2D eigenvalue weighted by molar-refractivity contribution is -0.153. The van der Waals surface area contributed by atoms with E-state index in [1.54, 1.807) is 0 Å². The van der Waals surface area contributed by atoms with Gasteiger partial charge in [0.25, 0.3) is 0 Å². The molecule has 0 saturated heterocycles. The van der Waals surface area contributed by atoms with Crippen LogP contribution in [0.2, 0.25) is 0 Å². The molecule has 0 aliphatic rings. The molecule has 3 atom stereocenters. The Balaban J connectivity index is 3.94. The smallest absolute Gasteiger partial charge is 0.457 e. The van der Waals surface area contributed by atoms with Crippen molar-refractivity contribution >= 4 is 19.8 Å². The number of aliphatic hydroxyl groups excluding tert-OH is 2. The van der Waals surface area contributed by atoms with Crippen molar-refractivity contribution < 1.29 is 47.8 Å². The van der Waals surface area contributed by atoms with Gasteiger partial charge >= 0.3 is 19.8 Å². The average molecular weight is 773 g/mol. The summed E-state index contributed by atoms with van der Waals surface area (Å²) in [5, 5.41) is 19.1. The van der Waals surface area contributed by atoms with Gasteiger partial charge in [-0.15, -0.1) is 0 Å². The number of phosphoric acid groups is 1. The second kappa shape index (κ2) is 38.5. The lowest BCUT2D eigenvalue weighted by Gasteiger charge is -2.20. The molecule has 0 aromatic heterocycles. The van der Waals surface area contributed by atoms with Gasteiger partial charge in [-0.2, -0.15) is 0 Å². The molecule has 3 unspecified atom stereocenters. The number of hydrogen-bond acceptors (Lipinski definition) is 9. The second-order valence-corrected chi connectivity index (χ2v) is 15.4. The standard InChI is InChI=1S/C42H77O10P/c1-3-5-7-9-11-13-15-17-18-19-20-22-24-26-28-30-32-34-42(46)52-40(36-44)38-50-53(47,48)49-37-39(35-43)51-41(45)33-31-29-27-25-23-21-16-14-12-10-8-6-4-2/h6,8,12,14,21,23,39-40,43-44H,3-5,7,9-11,13,15-20,22,24-38H2,1-2H3,(H,47,48)/b8-6-,14-12-,23-21-. The molecule has 0 fully saturated rings. The van der Waals surface area contributed by atoms with Crippen molar-refractivity contribution in [2.24, 2.45) is 0 Å². The van der Waals surface area contributed by atoms with Crippen molar-refractivity contribution in [1.82, 2.24) is 0 Å². The van der Waals surface area contributed by atoms with Crippen molar-refractivity contribution in [3.8, 4) is 0 Å². The molecule has 0 aliphatic carbocycles. The van der Waals surface area contributed by atoms with Crippen LogP contribution in [-0.4, -0.2) is 65.7 Å². The number of hydrogen-bond donors (Lipinski definition) is 3. The lowest BCUT2D eigenvalue weighted by atomic mass is 10.0. The summed E-state index contributed by atoms with van der Waals surface area (Å²) >= 11 is 0. The highest BCUT2D eigenvalue weighted by molar-refractivity contribution is 7.47. The summed E-state index contributed by atoms with van der Waals surface area (Å²) in [4.78, 5) is 34.4. The van der Waals surface area contributed by atoms with Gasteiger partial charge in [-0.05, 0) is 44.9 Å². The molecule has 0 heterocycles. The molecular weight excluding hydrogens is 695 g/mol. The third-order valence-corrected chi connectivity index (χ3v) is 9.82. The van der Waals surface area contributed by atoms with Crippen LogP contribution in [-0.2, 0) is 32.7 Å². The molecular formula is C42H77O10P. The molecule has 310 valence electrons. The van der Waals surface area contributed by atoms with Crippen molar-refractivity contribution in [2.75, 3.05) is 26.4 Å². The van der Waals surface area contributed by atoms with Gasteiger partial charge in [0.05, 0.1) is 26.4 Å². The van der Waals surface area contributed by atoms with E-state index >= 15 is 0 Å². The van der Waals surface area contributed by atoms with E-state index in [0.29, 0.717) is 12.8 Å². The highest BCUT2D eigenvalue weighted by Gasteiger charge is 2.27. The number of aliphatic hydroxyl groups is 2. The van der Waals surface area contributed by atoms with Crippen molar-refractivity contribution in [2.45, 2.75) is 193 Å². The zero-order chi connectivity index (χ0) is 39.1. The van der Waals surface area contributed by atoms with Crippen molar-refractivity contribution in [1.29, 1.82) is 0 Å². The Bertz CT molecular complexity index is 983. The Morgan fingerprint density at radius 2 is 0.887 bits per heavy atom. The summed E-state index contributed by atoms with van der Waals surface area (Å²) in [6, 6.07) is 0. The number of rotatable bonds is 39. The van der Waals surface area contributed by atoms with Gasteiger partial charge in [0.15, 0.2) is 0 Å². The molecule has 0 aliphatic heterocycles. The van der Waals surface area contributed by atoms with Crippen LogP contribution in [0, 0.1) is 0 Å². The van der Waals surface area contributed by atoms with E-state index in [9.17, 15) is 29.3 Å². The van der Waals surface area contributed by atoms with Gasteiger partial charge < -0.3 is 24.6 Å². The molecule has 3 N–H and O–H groups in total. The second-order valence-electron chi connectivity index (χ2n) is 13.9. The normalized spacial score (nSPS) is 14.3. The summed E-state index contributed by atoms with van der Waals surface area (Å²) in [5.41, 5.74) is 0. The number of ether oxygens (including phenoxy) is 2. The molecule has 10 nitrogen and oxygen atoms in total. The van der Waals surface area contributed by atoms with Gasteiger partial charge in [0.1, 0.15) is 12.2 Å². The van der Waals surface area contributed by atoms with E-state index in [1.807, 2.05) is 0 Å². The predicted molar refractivity (Wildman–Crippen MR) is 214 cm³/mol. The van der Waals surface area contributed by atoms with E-state index in [4.69, 9.17) is 18.5 Å². The first kappa shape index (κ1) is 51.2. The van der Waals surface area contributed by atoms with Gasteiger partial charge in [-0.3, -0.25) is 18.6 Å². The van der Waals surface area contributed by atoms with E-state index in [1.165, 1.54) is 83.5 Å². The summed E-state index contributed by atoms with van der Waals surface area (Å²) in [6.45, 7) is 2.06. The Hall–Kier alpha value is -1.81. The Labute approximate surface area is 322 Å². The molecule has 0 aromatic carbocycles. The van der Waals surface area contributed by atoms with Gasteiger partial charge in [-0.1, -0.05) is 159 Å². The summed E-state index contributed by atoms with van der Waals surface area (Å²) in [6.07, 6.45) is 38.4. The minimum atomic E-state index is -4.64. The molecule has 53 heavy (non-hydrogen) atoms. The topological polar surface area (TPSA) is 149 Å². The van der Waals surface area contributed by atoms with Crippen LogP contribution in [0.4, 0.5) is 0 Å². The third kappa shape index (κ3) is 36.9. The molecule has 0 amide bonds. The Morgan fingerprint density at radius 1 is 0.528 bits per heavy atom. The maximum absolute atomic E-state index is 12.3. The molecule has 0 rings (SSSR count). The Morgan fingerprint density at radius 3 is 1.28 bits per heavy atom. The highest BCUT2D eigenvalue weighted by Crippen LogP contribution is 2.43. The first-order valence-corrected chi connectivity index (χ1v) is 22.4. The fraction of sp³-hybridized carbons (Fsp3) is 0.810. The molecule has 0 spiro atoms. The zero-order valence-electron chi connectivity index (χ0n) is 33.5. The molecule has 11 heteroatoms. The van der Waals surface area contributed by atoms with Crippen LogP contribution in [0.1, 0.15) is 181 Å². The first-order valence-electron chi connectivity index (χ1n) is 20.9. The lowest BCUT2D eigenvalue weighted by Crippen LogP contribution is -2.28. The fourth-order valence-electron chi connectivity index (χ4n) is 5.66. The van der Waals surface area contributed by atoms with Crippen LogP contribution in [0.15, 0.2) is 36.5 Å². The highest BCUT2D eigenvalue weighted by atomic mass is 31.2. The summed E-state index contributed by atoms with van der Waals surface area (Å²) in [7, 11) is -4.64. The fourth-order valence-corrected chi connectivity index (χ4v) is 6.44. The first-order chi connectivity index (χ1) is 25.8. The number of carbonyl (C=O) groups excluding carboxylic acids is 2. The van der Waals surface area contributed by atoms with Crippen LogP contribution in [0.3, 0.4) is 0 Å². The molecule has 0 aromatic rings. The Kier molecular flexibility index (Phi) is 37.2. The average Bonchev–Trinajstić information content (AvgIpc) is 3.14. The third-order valence-electron chi connectivity index (χ3n) is 8.87. The van der Waals surface area contributed by atoms with Crippen LogP contribution in [0.5, 0.6) is 0 Å². The number of phosphoric ester groups is 1. The minimum absolute atomic E-state index is 0.157. The monoisotopic (exact) mass is 773 g/mol. The maximum Gasteiger partial charge on any atom is 0.472 e. The zero-order valence-corrected chi connectivity index (χ0v) is 34.4. The van der Waals surface area contributed by atoms with E-state index in [2.05, 4.69) is 50.3 Å². The molecule has 0 bridgehead atoms. The quantitative estimate of drug-likeness (QED) is 0.0238. The van der Waals surface area contributed by atoms with Crippen LogP contribution in [0.25, 0.3) is 0 Å². The van der Waals surface area contributed by atoms with Gasteiger partial charge in [-0.25, -0.2) is 4.57 Å².